The van der Waals surface area contributed by atoms with Gasteiger partial charge in [-0.3, -0.25) is 14.9 Å². The second kappa shape index (κ2) is 10.5. The van der Waals surface area contributed by atoms with Crippen molar-refractivity contribution >= 4 is 40.7 Å². The number of rotatable bonds is 10. The second-order valence-corrected chi connectivity index (χ2v) is 7.90. The lowest BCUT2D eigenvalue weighted by atomic mass is 10.2. The lowest BCUT2D eigenvalue weighted by Crippen LogP contribution is -2.35. The highest BCUT2D eigenvalue weighted by Crippen LogP contribution is 2.36. The molecule has 0 N–H and O–H groups in total. The normalized spacial score (nSPS) is 10.2. The predicted octanol–water partition coefficient (Wildman–Crippen LogP) is 3.87. The lowest BCUT2D eigenvalue weighted by Gasteiger charge is -2.18. The average Bonchev–Trinajstić information content (AvgIpc) is 3.10. The Bertz CT molecular complexity index is 932. The molecule has 2 aromatic rings. The van der Waals surface area contributed by atoms with Gasteiger partial charge in [0.05, 0.1) is 15.4 Å². The zero-order valence-corrected chi connectivity index (χ0v) is 17.3. The van der Waals surface area contributed by atoms with Crippen molar-refractivity contribution in [1.29, 1.82) is 0 Å². The Labute approximate surface area is 176 Å². The van der Waals surface area contributed by atoms with Gasteiger partial charge in [-0.2, -0.15) is 0 Å². The highest BCUT2D eigenvalue weighted by molar-refractivity contribution is 8.01. The molecule has 0 saturated carbocycles. The van der Waals surface area contributed by atoms with Crippen LogP contribution in [0.2, 0.25) is 0 Å². The molecule has 2 rings (SSSR count). The first-order valence-electron chi connectivity index (χ1n) is 8.40. The second-order valence-electron chi connectivity index (χ2n) is 5.75. The van der Waals surface area contributed by atoms with E-state index in [-0.39, 0.29) is 24.3 Å². The summed E-state index contributed by atoms with van der Waals surface area (Å²) in [6, 6.07) is 4.04. The van der Waals surface area contributed by atoms with E-state index >= 15 is 0 Å². The Morgan fingerprint density at radius 3 is 2.59 bits per heavy atom. The lowest BCUT2D eigenvalue weighted by molar-refractivity contribution is -0.387. The van der Waals surface area contributed by atoms with Gasteiger partial charge in [0.15, 0.2) is 10.9 Å². The molecule has 0 saturated heterocycles. The molecule has 0 aliphatic heterocycles. The van der Waals surface area contributed by atoms with Crippen LogP contribution in [0, 0.1) is 17.0 Å². The van der Waals surface area contributed by atoms with Crippen LogP contribution in [-0.2, 0) is 9.53 Å². The maximum Gasteiger partial charge on any atom is 0.338 e. The fraction of sp³-hybridized carbons (Fsp3) is 0.211. The summed E-state index contributed by atoms with van der Waals surface area (Å²) in [5, 5.41) is 13.3. The van der Waals surface area contributed by atoms with E-state index in [0.29, 0.717) is 9.24 Å². The number of aryl methyl sites for hydroxylation is 1. The summed E-state index contributed by atoms with van der Waals surface area (Å²) in [6.45, 7) is 9.06. The number of carbonyl (C=O) groups is 2. The van der Waals surface area contributed by atoms with Crippen LogP contribution in [0.5, 0.6) is 0 Å². The molecule has 0 unspecified atom stereocenters. The highest BCUT2D eigenvalue weighted by Gasteiger charge is 2.21. The standard InChI is InChI=1S/C19H19N3O5S2/c1-4-8-21(9-5-2)17(23)11-27-18(24)14-6-7-16(15(10-14)22(25)26)29-19-20-13(3)12-28-19/h4-7,10,12H,1-2,8-9,11H2,3H3. The third-order valence-electron chi connectivity index (χ3n) is 3.56. The summed E-state index contributed by atoms with van der Waals surface area (Å²) in [4.78, 5) is 41.3. The first kappa shape index (κ1) is 22.3. The number of carbonyl (C=O) groups excluding carboxylic acids is 2. The molecule has 29 heavy (non-hydrogen) atoms. The number of hydrogen-bond acceptors (Lipinski definition) is 8. The Kier molecular flexibility index (Phi) is 8.10. The van der Waals surface area contributed by atoms with Gasteiger partial charge in [0, 0.05) is 30.2 Å². The van der Waals surface area contributed by atoms with Gasteiger partial charge in [0.2, 0.25) is 0 Å². The van der Waals surface area contributed by atoms with E-state index in [2.05, 4.69) is 18.1 Å². The van der Waals surface area contributed by atoms with E-state index in [0.717, 1.165) is 23.5 Å². The van der Waals surface area contributed by atoms with Gasteiger partial charge in [0.25, 0.3) is 11.6 Å². The fourth-order valence-corrected chi connectivity index (χ4v) is 4.12. The molecule has 0 aliphatic carbocycles. The van der Waals surface area contributed by atoms with Crippen LogP contribution >= 0.6 is 23.1 Å². The van der Waals surface area contributed by atoms with Gasteiger partial charge >= 0.3 is 5.97 Å². The number of nitro benzene ring substituents is 1. The molecule has 1 aromatic heterocycles. The molecule has 1 heterocycles. The molecule has 0 atom stereocenters. The monoisotopic (exact) mass is 433 g/mol. The minimum atomic E-state index is -0.819. The number of amides is 1. The van der Waals surface area contributed by atoms with Gasteiger partial charge < -0.3 is 9.64 Å². The van der Waals surface area contributed by atoms with Crippen LogP contribution in [-0.4, -0.2) is 46.4 Å². The minimum Gasteiger partial charge on any atom is -0.452 e. The van der Waals surface area contributed by atoms with Gasteiger partial charge in [-0.15, -0.1) is 24.5 Å². The zero-order valence-electron chi connectivity index (χ0n) is 15.7. The molecule has 0 bridgehead atoms. The molecular weight excluding hydrogens is 414 g/mol. The Balaban J connectivity index is 2.11. The van der Waals surface area contributed by atoms with Crippen LogP contribution in [0.3, 0.4) is 0 Å². The van der Waals surface area contributed by atoms with Crippen molar-refractivity contribution in [3.63, 3.8) is 0 Å². The quantitative estimate of drug-likeness (QED) is 0.242. The van der Waals surface area contributed by atoms with E-state index in [4.69, 9.17) is 4.74 Å². The fourth-order valence-electron chi connectivity index (χ4n) is 2.24. The topological polar surface area (TPSA) is 103 Å². The SMILES string of the molecule is C=CCN(CC=C)C(=O)COC(=O)c1ccc(Sc2nc(C)cs2)c([N+](=O)[O-])c1. The van der Waals surface area contributed by atoms with Crippen molar-refractivity contribution in [2.75, 3.05) is 19.7 Å². The largest absolute Gasteiger partial charge is 0.452 e. The molecule has 1 aromatic carbocycles. The third-order valence-corrected chi connectivity index (χ3v) is 5.69. The number of ether oxygens (including phenoxy) is 1. The number of nitro groups is 1. The van der Waals surface area contributed by atoms with E-state index < -0.39 is 23.4 Å². The molecule has 0 fully saturated rings. The van der Waals surface area contributed by atoms with E-state index in [1.165, 1.54) is 28.4 Å². The van der Waals surface area contributed by atoms with E-state index in [1.54, 1.807) is 12.2 Å². The molecule has 152 valence electrons. The molecule has 0 radical (unpaired) electrons. The first-order chi connectivity index (χ1) is 13.8. The summed E-state index contributed by atoms with van der Waals surface area (Å²) in [5.41, 5.74) is 0.582. The van der Waals surface area contributed by atoms with Gasteiger partial charge in [-0.25, -0.2) is 9.78 Å². The summed E-state index contributed by atoms with van der Waals surface area (Å²) >= 11 is 2.53. The highest BCUT2D eigenvalue weighted by atomic mass is 32.2. The maximum absolute atomic E-state index is 12.3. The average molecular weight is 434 g/mol. The Morgan fingerprint density at radius 2 is 2.03 bits per heavy atom. The number of thiazole rings is 1. The molecule has 0 aliphatic rings. The minimum absolute atomic E-state index is 0.0110. The number of nitrogens with zero attached hydrogens (tertiary/aromatic N) is 3. The summed E-state index contributed by atoms with van der Waals surface area (Å²) in [7, 11) is 0. The van der Waals surface area contributed by atoms with Crippen molar-refractivity contribution in [2.45, 2.75) is 16.2 Å². The van der Waals surface area contributed by atoms with Crippen LogP contribution in [0.25, 0.3) is 0 Å². The number of hydrogen-bond donors (Lipinski definition) is 0. The van der Waals surface area contributed by atoms with Gasteiger partial charge in [-0.05, 0) is 19.1 Å². The van der Waals surface area contributed by atoms with E-state index in [9.17, 15) is 19.7 Å². The summed E-state index contributed by atoms with van der Waals surface area (Å²) in [5.74, 6) is -1.24. The Morgan fingerprint density at radius 1 is 1.34 bits per heavy atom. The van der Waals surface area contributed by atoms with Crippen LogP contribution in [0.1, 0.15) is 16.1 Å². The molecule has 1 amide bonds. The van der Waals surface area contributed by atoms with Crippen molar-refractivity contribution in [3.05, 3.63) is 70.3 Å². The third kappa shape index (κ3) is 6.26. The maximum atomic E-state index is 12.3. The van der Waals surface area contributed by atoms with Crippen LogP contribution in [0.4, 0.5) is 5.69 Å². The number of esters is 1. The first-order valence-corrected chi connectivity index (χ1v) is 10.1. The van der Waals surface area contributed by atoms with Gasteiger partial charge in [-0.1, -0.05) is 23.9 Å². The molecule has 8 nitrogen and oxygen atoms in total. The smallest absolute Gasteiger partial charge is 0.338 e. The van der Waals surface area contributed by atoms with Crippen molar-refractivity contribution < 1.29 is 19.2 Å². The molecule has 0 spiro atoms. The Hall–Kier alpha value is -2.98. The predicted molar refractivity (Wildman–Crippen MR) is 111 cm³/mol. The van der Waals surface area contributed by atoms with E-state index in [1.807, 2.05) is 12.3 Å². The van der Waals surface area contributed by atoms with Crippen LogP contribution < -0.4 is 0 Å². The number of aromatic nitrogens is 1. The zero-order chi connectivity index (χ0) is 21.4. The molecule has 10 heteroatoms. The number of benzene rings is 1. The summed E-state index contributed by atoms with van der Waals surface area (Å²) in [6.07, 6.45) is 3.10. The summed E-state index contributed by atoms with van der Waals surface area (Å²) < 4.78 is 5.68. The van der Waals surface area contributed by atoms with Crippen molar-refractivity contribution in [2.24, 2.45) is 0 Å². The van der Waals surface area contributed by atoms with Crippen LogP contribution in [0.15, 0.2) is 58.1 Å². The molecular formula is C19H19N3O5S2. The van der Waals surface area contributed by atoms with Crippen molar-refractivity contribution in [1.82, 2.24) is 9.88 Å². The van der Waals surface area contributed by atoms with Crippen molar-refractivity contribution in [3.8, 4) is 0 Å². The van der Waals surface area contributed by atoms with Gasteiger partial charge in [0.1, 0.15) is 0 Å².